The summed E-state index contributed by atoms with van der Waals surface area (Å²) in [7, 11) is 1.31. The Morgan fingerprint density at radius 2 is 1.54 bits per heavy atom. The van der Waals surface area contributed by atoms with E-state index in [9.17, 15) is 19.2 Å². The van der Waals surface area contributed by atoms with Crippen LogP contribution < -0.4 is 0 Å². The predicted molar refractivity (Wildman–Crippen MR) is 159 cm³/mol. The van der Waals surface area contributed by atoms with E-state index in [2.05, 4.69) is 35.2 Å². The normalized spacial score (nSPS) is 17.7. The van der Waals surface area contributed by atoms with Crippen LogP contribution in [-0.4, -0.2) is 40.9 Å². The van der Waals surface area contributed by atoms with Gasteiger partial charge in [-0.1, -0.05) is 19.0 Å². The zero-order valence-electron chi connectivity index (χ0n) is 24.7. The van der Waals surface area contributed by atoms with Gasteiger partial charge in [0.05, 0.1) is 7.11 Å². The molecule has 3 aromatic rings. The van der Waals surface area contributed by atoms with Crippen molar-refractivity contribution in [2.24, 2.45) is 22.9 Å². The molecule has 8 heteroatoms. The molecule has 41 heavy (non-hydrogen) atoms. The molecule has 0 radical (unpaired) electrons. The Labute approximate surface area is 241 Å². The van der Waals surface area contributed by atoms with Gasteiger partial charge in [-0.05, 0) is 93.7 Å². The first kappa shape index (κ1) is 30.2. The Morgan fingerprint density at radius 1 is 0.927 bits per heavy atom. The number of carbonyl (C=O) groups excluding carboxylic acids is 4. The van der Waals surface area contributed by atoms with Crippen molar-refractivity contribution in [3.8, 4) is 0 Å². The highest BCUT2D eigenvalue weighted by Crippen LogP contribution is 2.36. The van der Waals surface area contributed by atoms with Crippen molar-refractivity contribution in [2.45, 2.75) is 79.2 Å². The maximum absolute atomic E-state index is 13.5. The summed E-state index contributed by atoms with van der Waals surface area (Å²) in [6.07, 6.45) is 4.61. The number of oxime groups is 1. The fourth-order valence-corrected chi connectivity index (χ4v) is 6.01. The molecule has 1 fully saturated rings. The second kappa shape index (κ2) is 13.2. The van der Waals surface area contributed by atoms with Crippen LogP contribution >= 0.6 is 0 Å². The number of Topliss-reactive ketones (excluding diaryl/α,β-unsaturated/α-hetero) is 2. The predicted octanol–water partition coefficient (Wildman–Crippen LogP) is 6.90. The van der Waals surface area contributed by atoms with Gasteiger partial charge in [-0.3, -0.25) is 14.4 Å². The lowest BCUT2D eigenvalue weighted by molar-refractivity contribution is -0.141. The molecule has 1 heterocycles. The molecule has 0 bridgehead atoms. The van der Waals surface area contributed by atoms with Crippen LogP contribution in [0.15, 0.2) is 41.6 Å². The van der Waals surface area contributed by atoms with Crippen molar-refractivity contribution in [3.63, 3.8) is 0 Å². The minimum atomic E-state index is -0.639. The fourth-order valence-electron chi connectivity index (χ4n) is 6.01. The number of aromatic nitrogens is 1. The van der Waals surface area contributed by atoms with E-state index in [0.29, 0.717) is 29.4 Å². The lowest BCUT2D eigenvalue weighted by atomic mass is 9.75. The molecule has 0 unspecified atom stereocenters. The third-order valence-corrected chi connectivity index (χ3v) is 8.38. The van der Waals surface area contributed by atoms with Crippen molar-refractivity contribution in [1.29, 1.82) is 0 Å². The highest BCUT2D eigenvalue weighted by atomic mass is 16.7. The van der Waals surface area contributed by atoms with Crippen LogP contribution in [0.1, 0.15) is 93.4 Å². The molecule has 0 N–H and O–H groups in total. The number of aryl methyl sites for hydroxylation is 1. The first-order valence-electron chi connectivity index (χ1n) is 14.6. The van der Waals surface area contributed by atoms with E-state index in [4.69, 9.17) is 4.84 Å². The summed E-state index contributed by atoms with van der Waals surface area (Å²) >= 11 is 0. The highest BCUT2D eigenvalue weighted by Gasteiger charge is 2.29. The smallest absolute Gasteiger partial charge is 0.331 e. The third kappa shape index (κ3) is 6.75. The Kier molecular flexibility index (Phi) is 9.73. The van der Waals surface area contributed by atoms with Crippen LogP contribution in [0.25, 0.3) is 21.8 Å². The monoisotopic (exact) mass is 560 g/mol. The lowest BCUT2D eigenvalue weighted by Crippen LogP contribution is -2.24. The first-order chi connectivity index (χ1) is 19.6. The molecule has 0 aliphatic heterocycles. The number of esters is 1. The van der Waals surface area contributed by atoms with Crippen molar-refractivity contribution in [2.75, 3.05) is 7.11 Å². The van der Waals surface area contributed by atoms with Crippen LogP contribution in [0.2, 0.25) is 0 Å². The van der Waals surface area contributed by atoms with Gasteiger partial charge in [0.2, 0.25) is 5.78 Å². The molecule has 0 spiro atoms. The van der Waals surface area contributed by atoms with Gasteiger partial charge in [-0.15, -0.1) is 0 Å². The van der Waals surface area contributed by atoms with Gasteiger partial charge < -0.3 is 14.1 Å². The Hall–Kier alpha value is -3.81. The summed E-state index contributed by atoms with van der Waals surface area (Å²) in [4.78, 5) is 54.8. The summed E-state index contributed by atoms with van der Waals surface area (Å²) in [6.45, 7) is 8.52. The van der Waals surface area contributed by atoms with E-state index in [0.717, 1.165) is 54.0 Å². The van der Waals surface area contributed by atoms with Gasteiger partial charge >= 0.3 is 11.9 Å². The average molecular weight is 561 g/mol. The molecule has 0 saturated heterocycles. The third-order valence-electron chi connectivity index (χ3n) is 8.38. The average Bonchev–Trinajstić information content (AvgIpc) is 3.30. The molecule has 1 aliphatic carbocycles. The number of rotatable bonds is 11. The van der Waals surface area contributed by atoms with Crippen LogP contribution in [0.4, 0.5) is 0 Å². The molecule has 8 nitrogen and oxygen atoms in total. The maximum atomic E-state index is 13.5. The maximum Gasteiger partial charge on any atom is 0.331 e. The zero-order valence-corrected chi connectivity index (χ0v) is 24.7. The molecule has 1 saturated carbocycles. The van der Waals surface area contributed by atoms with E-state index in [1.165, 1.54) is 14.0 Å². The Bertz CT molecular complexity index is 1490. The minimum absolute atomic E-state index is 0.0455. The van der Waals surface area contributed by atoms with Gasteiger partial charge in [-0.25, -0.2) is 4.79 Å². The molecule has 2 aromatic carbocycles. The number of nitrogens with zero attached hydrogens (tertiary/aromatic N) is 2. The number of ether oxygens (including phenoxy) is 1. The summed E-state index contributed by atoms with van der Waals surface area (Å²) in [5.41, 5.74) is 3.11. The standard InChI is InChI=1S/C33H40N2O6/c1-6-35-29-16-14-24(32(38)23-12-10-22(11-13-23)20(2)3)18-26(29)27-19-25(15-17-30(27)35)33(39)28(34-41-21(4)36)8-7-9-31(37)40-5/h14-20,22-23H,6-13H2,1-5H3/b34-28-. The SMILES string of the molecule is CCn1c2ccc(C(=O)/C(CCCC(=O)OC)=N\OC(C)=O)cc2c2cc(C(=O)C3CCC(C(C)C)CC3)ccc21. The Morgan fingerprint density at radius 3 is 2.10 bits per heavy atom. The molecule has 0 amide bonds. The van der Waals surface area contributed by atoms with E-state index in [-0.39, 0.29) is 36.0 Å². The van der Waals surface area contributed by atoms with Crippen LogP contribution in [-0.2, 0) is 25.7 Å². The zero-order chi connectivity index (χ0) is 29.7. The van der Waals surface area contributed by atoms with Gasteiger partial charge in [-0.2, -0.15) is 0 Å². The number of carbonyl (C=O) groups is 4. The second-order valence-corrected chi connectivity index (χ2v) is 11.3. The van der Waals surface area contributed by atoms with E-state index < -0.39 is 11.9 Å². The number of fused-ring (bicyclic) bond motifs is 3. The molecular weight excluding hydrogens is 520 g/mol. The van der Waals surface area contributed by atoms with Crippen molar-refractivity contribution >= 4 is 51.0 Å². The molecule has 1 aromatic heterocycles. The van der Waals surface area contributed by atoms with Gasteiger partial charge in [0.15, 0.2) is 5.78 Å². The number of hydrogen-bond donors (Lipinski definition) is 0. The van der Waals surface area contributed by atoms with E-state index in [1.807, 2.05) is 30.3 Å². The van der Waals surface area contributed by atoms with Crippen molar-refractivity contribution in [3.05, 3.63) is 47.5 Å². The topological polar surface area (TPSA) is 104 Å². The number of benzene rings is 2. The quantitative estimate of drug-likeness (QED) is 0.0830. The fraction of sp³-hybridized carbons (Fsp3) is 0.485. The molecule has 218 valence electrons. The summed E-state index contributed by atoms with van der Waals surface area (Å²) < 4.78 is 6.85. The van der Waals surface area contributed by atoms with Crippen molar-refractivity contribution in [1.82, 2.24) is 4.57 Å². The molecule has 0 atom stereocenters. The van der Waals surface area contributed by atoms with E-state index >= 15 is 0 Å². The number of hydrogen-bond acceptors (Lipinski definition) is 7. The molecule has 4 rings (SSSR count). The molecular formula is C33H40N2O6. The number of ketones is 2. The second-order valence-electron chi connectivity index (χ2n) is 11.3. The summed E-state index contributed by atoms with van der Waals surface area (Å²) in [5, 5.41) is 5.59. The van der Waals surface area contributed by atoms with Gasteiger partial charge in [0.1, 0.15) is 5.71 Å². The lowest BCUT2D eigenvalue weighted by Gasteiger charge is -2.30. The first-order valence-corrected chi connectivity index (χ1v) is 14.6. The molecule has 1 aliphatic rings. The van der Waals surface area contributed by atoms with Gasteiger partial charge in [0.25, 0.3) is 0 Å². The van der Waals surface area contributed by atoms with E-state index in [1.54, 1.807) is 6.07 Å². The minimum Gasteiger partial charge on any atom is -0.469 e. The Balaban J connectivity index is 1.67. The number of methoxy groups -OCH3 is 1. The van der Waals surface area contributed by atoms with Crippen LogP contribution in [0, 0.1) is 17.8 Å². The summed E-state index contributed by atoms with van der Waals surface area (Å²) in [5.74, 6) is 0.159. The highest BCUT2D eigenvalue weighted by molar-refractivity contribution is 6.46. The van der Waals surface area contributed by atoms with Gasteiger partial charge in [0, 0.05) is 58.7 Å². The van der Waals surface area contributed by atoms with Crippen LogP contribution in [0.3, 0.4) is 0 Å². The largest absolute Gasteiger partial charge is 0.469 e. The summed E-state index contributed by atoms with van der Waals surface area (Å²) in [6, 6.07) is 11.4. The van der Waals surface area contributed by atoms with Crippen LogP contribution in [0.5, 0.6) is 0 Å². The van der Waals surface area contributed by atoms with Crippen molar-refractivity contribution < 1.29 is 28.8 Å².